The van der Waals surface area contributed by atoms with Crippen LogP contribution in [0, 0.1) is 11.6 Å². The number of halogens is 3. The third kappa shape index (κ3) is 2.63. The van der Waals surface area contributed by atoms with Gasteiger partial charge in [-0.2, -0.15) is 0 Å². The van der Waals surface area contributed by atoms with Crippen LogP contribution in [0.15, 0.2) is 40.9 Å². The minimum absolute atomic E-state index is 0.0591. The van der Waals surface area contributed by atoms with Gasteiger partial charge in [-0.15, -0.1) is 0 Å². The Balaban J connectivity index is 1.91. The molecule has 2 aromatic rings. The van der Waals surface area contributed by atoms with E-state index in [1.807, 2.05) is 18.2 Å². The van der Waals surface area contributed by atoms with Crippen LogP contribution in [0.2, 0.25) is 0 Å². The molecule has 0 spiro atoms. The fraction of sp³-hybridized carbons (Fsp3) is 0.200. The van der Waals surface area contributed by atoms with Crippen LogP contribution in [0.25, 0.3) is 0 Å². The zero-order valence-corrected chi connectivity index (χ0v) is 12.1. The maximum Gasteiger partial charge on any atom is 0.149 e. The summed E-state index contributed by atoms with van der Waals surface area (Å²) in [6.45, 7) is 0.565. The number of hydrogen-bond acceptors (Lipinski definition) is 2. The normalized spacial score (nSPS) is 17.2. The Morgan fingerprint density at radius 3 is 2.80 bits per heavy atom. The zero-order valence-electron chi connectivity index (χ0n) is 10.5. The molecular weight excluding hydrogens is 328 g/mol. The van der Waals surface area contributed by atoms with Gasteiger partial charge in [0, 0.05) is 22.5 Å². The molecule has 104 valence electrons. The summed E-state index contributed by atoms with van der Waals surface area (Å²) in [5.41, 5.74) is 1.26. The molecule has 5 heteroatoms. The molecule has 1 unspecified atom stereocenters. The van der Waals surface area contributed by atoms with Gasteiger partial charge in [0.25, 0.3) is 0 Å². The summed E-state index contributed by atoms with van der Waals surface area (Å²) >= 11 is 3.42. The van der Waals surface area contributed by atoms with Crippen molar-refractivity contribution in [1.29, 1.82) is 0 Å². The van der Waals surface area contributed by atoms with Crippen molar-refractivity contribution in [3.63, 3.8) is 0 Å². The summed E-state index contributed by atoms with van der Waals surface area (Å²) < 4.78 is 33.2. The Morgan fingerprint density at radius 1 is 1.15 bits per heavy atom. The predicted molar refractivity (Wildman–Crippen MR) is 77.0 cm³/mol. The summed E-state index contributed by atoms with van der Waals surface area (Å²) in [6, 6.07) is 9.21. The van der Waals surface area contributed by atoms with Gasteiger partial charge in [0.05, 0.1) is 18.3 Å². The lowest BCUT2D eigenvalue weighted by Crippen LogP contribution is -2.20. The van der Waals surface area contributed by atoms with E-state index in [2.05, 4.69) is 21.2 Å². The second kappa shape index (κ2) is 5.40. The van der Waals surface area contributed by atoms with E-state index in [9.17, 15) is 8.78 Å². The van der Waals surface area contributed by atoms with Crippen molar-refractivity contribution in [2.75, 3.05) is 11.9 Å². The third-order valence-corrected chi connectivity index (χ3v) is 3.77. The second-order valence-electron chi connectivity index (χ2n) is 4.64. The molecule has 0 saturated heterocycles. The molecule has 1 atom stereocenters. The largest absolute Gasteiger partial charge is 0.493 e. The first-order valence-corrected chi connectivity index (χ1v) is 7.06. The third-order valence-electron chi connectivity index (χ3n) is 3.27. The Labute approximate surface area is 123 Å². The summed E-state index contributed by atoms with van der Waals surface area (Å²) in [5.74, 6) is -0.379. The molecule has 0 aliphatic carbocycles. The monoisotopic (exact) mass is 339 g/mol. The second-order valence-corrected chi connectivity index (χ2v) is 5.56. The van der Waals surface area contributed by atoms with E-state index in [1.54, 1.807) is 0 Å². The van der Waals surface area contributed by atoms with Crippen molar-refractivity contribution >= 4 is 21.6 Å². The number of fused-ring (bicyclic) bond motifs is 1. The van der Waals surface area contributed by atoms with Crippen LogP contribution in [-0.2, 0) is 0 Å². The summed E-state index contributed by atoms with van der Waals surface area (Å²) in [4.78, 5) is 0. The molecule has 2 nitrogen and oxygen atoms in total. The van der Waals surface area contributed by atoms with E-state index < -0.39 is 11.6 Å². The molecular formula is C15H12BrF2NO. The Bertz CT molecular complexity index is 648. The molecule has 0 fully saturated rings. The van der Waals surface area contributed by atoms with Gasteiger partial charge in [-0.05, 0) is 30.3 Å². The highest BCUT2D eigenvalue weighted by atomic mass is 79.9. The zero-order chi connectivity index (χ0) is 14.1. The van der Waals surface area contributed by atoms with Gasteiger partial charge in [-0.25, -0.2) is 8.78 Å². The molecule has 0 amide bonds. The highest BCUT2D eigenvalue weighted by molar-refractivity contribution is 9.10. The van der Waals surface area contributed by atoms with Crippen LogP contribution in [0.4, 0.5) is 14.5 Å². The van der Waals surface area contributed by atoms with Crippen LogP contribution in [0.1, 0.15) is 18.0 Å². The minimum atomic E-state index is -0.590. The molecule has 2 aromatic carbocycles. The summed E-state index contributed by atoms with van der Waals surface area (Å²) in [6.07, 6.45) is 0.722. The highest BCUT2D eigenvalue weighted by Crippen LogP contribution is 2.36. The molecule has 1 aliphatic rings. The van der Waals surface area contributed by atoms with Crippen molar-refractivity contribution in [3.8, 4) is 5.75 Å². The van der Waals surface area contributed by atoms with E-state index in [0.29, 0.717) is 12.3 Å². The molecule has 1 aliphatic heterocycles. The smallest absolute Gasteiger partial charge is 0.149 e. The molecule has 1 N–H and O–H groups in total. The molecule has 20 heavy (non-hydrogen) atoms. The van der Waals surface area contributed by atoms with Gasteiger partial charge >= 0.3 is 0 Å². The summed E-state index contributed by atoms with van der Waals surface area (Å²) in [5, 5.41) is 3.12. The van der Waals surface area contributed by atoms with Crippen molar-refractivity contribution in [2.45, 2.75) is 12.5 Å². The molecule has 0 radical (unpaired) electrons. The number of anilines is 1. The van der Waals surface area contributed by atoms with Crippen LogP contribution < -0.4 is 10.1 Å². The van der Waals surface area contributed by atoms with Crippen molar-refractivity contribution < 1.29 is 13.5 Å². The lowest BCUT2D eigenvalue weighted by atomic mass is 10.0. The number of hydrogen-bond donors (Lipinski definition) is 1. The number of nitrogens with one attached hydrogen (secondary N) is 1. The number of benzene rings is 2. The van der Waals surface area contributed by atoms with Crippen molar-refractivity contribution in [2.24, 2.45) is 0 Å². The Kier molecular flexibility index (Phi) is 3.61. The van der Waals surface area contributed by atoms with Crippen LogP contribution in [0.3, 0.4) is 0 Å². The van der Waals surface area contributed by atoms with Gasteiger partial charge in [-0.1, -0.05) is 15.9 Å². The predicted octanol–water partition coefficient (Wildman–Crippen LogP) is 4.66. The van der Waals surface area contributed by atoms with E-state index in [-0.39, 0.29) is 6.04 Å². The van der Waals surface area contributed by atoms with E-state index in [1.165, 1.54) is 12.1 Å². The lowest BCUT2D eigenvalue weighted by Gasteiger charge is -2.27. The van der Waals surface area contributed by atoms with Gasteiger partial charge in [0.1, 0.15) is 17.4 Å². The number of ether oxygens (including phenoxy) is 1. The Morgan fingerprint density at radius 2 is 2.00 bits per heavy atom. The van der Waals surface area contributed by atoms with Gasteiger partial charge in [0.15, 0.2) is 0 Å². The van der Waals surface area contributed by atoms with Crippen molar-refractivity contribution in [1.82, 2.24) is 0 Å². The molecule has 0 bridgehead atoms. The minimum Gasteiger partial charge on any atom is -0.493 e. The first-order chi connectivity index (χ1) is 9.63. The average Bonchev–Trinajstić information content (AvgIpc) is 2.42. The van der Waals surface area contributed by atoms with E-state index in [4.69, 9.17) is 4.74 Å². The maximum absolute atomic E-state index is 13.7. The average molecular weight is 340 g/mol. The van der Waals surface area contributed by atoms with Crippen LogP contribution >= 0.6 is 15.9 Å². The topological polar surface area (TPSA) is 21.3 Å². The molecule has 0 aromatic heterocycles. The van der Waals surface area contributed by atoms with E-state index >= 15 is 0 Å². The van der Waals surface area contributed by atoms with Gasteiger partial charge < -0.3 is 10.1 Å². The first-order valence-electron chi connectivity index (χ1n) is 6.27. The summed E-state index contributed by atoms with van der Waals surface area (Å²) in [7, 11) is 0. The first kappa shape index (κ1) is 13.4. The van der Waals surface area contributed by atoms with Crippen LogP contribution in [0.5, 0.6) is 5.75 Å². The molecule has 0 saturated carbocycles. The quantitative estimate of drug-likeness (QED) is 0.858. The van der Waals surface area contributed by atoms with Crippen molar-refractivity contribution in [3.05, 3.63) is 58.1 Å². The Hall–Kier alpha value is -1.62. The molecule has 1 heterocycles. The fourth-order valence-corrected chi connectivity index (χ4v) is 2.69. The van der Waals surface area contributed by atoms with Gasteiger partial charge in [-0.3, -0.25) is 0 Å². The van der Waals surface area contributed by atoms with Crippen LogP contribution in [-0.4, -0.2) is 6.61 Å². The fourth-order valence-electron chi connectivity index (χ4n) is 2.31. The van der Waals surface area contributed by atoms with Gasteiger partial charge in [0.2, 0.25) is 0 Å². The molecule has 3 rings (SSSR count). The number of rotatable bonds is 2. The SMILES string of the molecule is Fc1ccc(NC2CCOc3ccc(Br)cc32)c(F)c1. The standard InChI is InChI=1S/C15H12BrF2NO/c16-9-1-4-15-11(7-9)13(5-6-20-15)19-14-3-2-10(17)8-12(14)18/h1-4,7-8,13,19H,5-6H2. The highest BCUT2D eigenvalue weighted by Gasteiger charge is 2.22. The lowest BCUT2D eigenvalue weighted by molar-refractivity contribution is 0.274. The van der Waals surface area contributed by atoms with E-state index in [0.717, 1.165) is 28.3 Å². The maximum atomic E-state index is 13.7.